The standard InChI is InChI=1S/C30H35FN8O2/c31-25-18-37(20-10-13-36(14-11-20)22-16-33-17-22)15-12-26(25)39-29-27(28(32)34-19-35-29)38(30(39)40)21-6-8-24(9-7-21)41-23-4-2-1-3-5-23/h1-9,19-20,22,25-26,33H,10-18H2,(H2,32,34,35)/t25-,26+/m0/s1. The lowest BCUT2D eigenvalue weighted by atomic mass is 9.95. The third-order valence-corrected chi connectivity index (χ3v) is 8.92. The number of para-hydroxylation sites is 1. The van der Waals surface area contributed by atoms with Crippen molar-refractivity contribution in [1.29, 1.82) is 0 Å². The SMILES string of the molecule is Nc1ncnc2c1n(-c1ccc(Oc3ccccc3)cc1)c(=O)n2[C@@H]1CCN(C2CCN(C3CNC3)CC2)C[C@@H]1F. The Hall–Kier alpha value is -3.80. The Kier molecular flexibility index (Phi) is 6.93. The molecule has 0 aliphatic carbocycles. The van der Waals surface area contributed by atoms with E-state index in [2.05, 4.69) is 25.1 Å². The second-order valence-electron chi connectivity index (χ2n) is 11.3. The number of alkyl halides is 1. The molecule has 0 saturated carbocycles. The van der Waals surface area contributed by atoms with Gasteiger partial charge in [0.25, 0.3) is 0 Å². The molecule has 3 aliphatic rings. The minimum atomic E-state index is -1.20. The van der Waals surface area contributed by atoms with Crippen molar-refractivity contribution in [1.82, 2.24) is 34.2 Å². The second kappa shape index (κ2) is 10.9. The molecule has 0 unspecified atom stereocenters. The lowest BCUT2D eigenvalue weighted by Crippen LogP contribution is -2.60. The molecule has 11 heteroatoms. The Bertz CT molecular complexity index is 1560. The molecule has 0 radical (unpaired) electrons. The Labute approximate surface area is 237 Å². The van der Waals surface area contributed by atoms with Crippen molar-refractivity contribution in [2.75, 3.05) is 45.0 Å². The first kappa shape index (κ1) is 26.1. The van der Waals surface area contributed by atoms with E-state index >= 15 is 4.39 Å². The molecule has 2 atom stereocenters. The number of hydrogen-bond acceptors (Lipinski definition) is 8. The number of fused-ring (bicyclic) bond motifs is 1. The quantitative estimate of drug-likeness (QED) is 0.372. The Morgan fingerprint density at radius 2 is 1.59 bits per heavy atom. The van der Waals surface area contributed by atoms with Crippen LogP contribution in [0.2, 0.25) is 0 Å². The molecular weight excluding hydrogens is 523 g/mol. The van der Waals surface area contributed by atoms with Crippen molar-refractivity contribution in [3.05, 3.63) is 71.4 Å². The Morgan fingerprint density at radius 3 is 2.27 bits per heavy atom. The minimum Gasteiger partial charge on any atom is -0.457 e. The van der Waals surface area contributed by atoms with Crippen molar-refractivity contribution < 1.29 is 9.13 Å². The van der Waals surface area contributed by atoms with E-state index in [0.29, 0.717) is 53.4 Å². The number of nitrogens with two attached hydrogens (primary N) is 1. The summed E-state index contributed by atoms with van der Waals surface area (Å²) in [6.07, 6.45) is 2.78. The van der Waals surface area contributed by atoms with Gasteiger partial charge < -0.3 is 15.8 Å². The van der Waals surface area contributed by atoms with Crippen LogP contribution in [-0.4, -0.2) is 86.4 Å². The lowest BCUT2D eigenvalue weighted by molar-refractivity contribution is 0.0206. The van der Waals surface area contributed by atoms with Crippen molar-refractivity contribution in [2.45, 2.75) is 43.6 Å². The molecule has 3 fully saturated rings. The molecule has 3 N–H and O–H groups in total. The number of nitrogen functional groups attached to an aromatic ring is 1. The van der Waals surface area contributed by atoms with Gasteiger partial charge in [0, 0.05) is 51.4 Å². The number of halogens is 1. The van der Waals surface area contributed by atoms with E-state index in [0.717, 1.165) is 45.6 Å². The van der Waals surface area contributed by atoms with Gasteiger partial charge in [0.1, 0.15) is 29.5 Å². The molecule has 7 rings (SSSR count). The highest BCUT2D eigenvalue weighted by molar-refractivity contribution is 5.84. The first-order valence-electron chi connectivity index (χ1n) is 14.5. The van der Waals surface area contributed by atoms with E-state index in [9.17, 15) is 4.79 Å². The molecule has 3 saturated heterocycles. The highest BCUT2D eigenvalue weighted by Gasteiger charge is 2.38. The molecule has 2 aromatic carbocycles. The first-order valence-corrected chi connectivity index (χ1v) is 14.5. The van der Waals surface area contributed by atoms with Crippen LogP contribution in [0.5, 0.6) is 11.5 Å². The summed E-state index contributed by atoms with van der Waals surface area (Å²) < 4.78 is 24.9. The largest absolute Gasteiger partial charge is 0.457 e. The van der Waals surface area contributed by atoms with E-state index in [1.807, 2.05) is 30.3 Å². The number of hydrogen-bond donors (Lipinski definition) is 2. The predicted octanol–water partition coefficient (Wildman–Crippen LogP) is 2.98. The number of nitrogens with one attached hydrogen (secondary N) is 1. The Balaban J connectivity index is 1.13. The van der Waals surface area contributed by atoms with Gasteiger partial charge in [0.2, 0.25) is 0 Å². The molecule has 0 bridgehead atoms. The zero-order valence-electron chi connectivity index (χ0n) is 22.9. The van der Waals surface area contributed by atoms with E-state index in [4.69, 9.17) is 10.5 Å². The molecule has 214 valence electrons. The van der Waals surface area contributed by atoms with Gasteiger partial charge in [-0.15, -0.1) is 0 Å². The van der Waals surface area contributed by atoms with Crippen molar-refractivity contribution in [2.24, 2.45) is 0 Å². The Morgan fingerprint density at radius 1 is 0.878 bits per heavy atom. The third kappa shape index (κ3) is 4.87. The fourth-order valence-corrected chi connectivity index (χ4v) is 6.58. The smallest absolute Gasteiger partial charge is 0.335 e. The number of piperidine rings is 2. The zero-order chi connectivity index (χ0) is 27.9. The van der Waals surface area contributed by atoms with Crippen LogP contribution in [0.4, 0.5) is 10.2 Å². The molecular formula is C30H35FN8O2. The third-order valence-electron chi connectivity index (χ3n) is 8.92. The number of benzene rings is 2. The second-order valence-corrected chi connectivity index (χ2v) is 11.3. The van der Waals surface area contributed by atoms with Crippen LogP contribution in [0.25, 0.3) is 16.9 Å². The highest BCUT2D eigenvalue weighted by Crippen LogP contribution is 2.32. The van der Waals surface area contributed by atoms with Gasteiger partial charge in [0.15, 0.2) is 11.5 Å². The molecule has 5 heterocycles. The number of nitrogens with zero attached hydrogens (tertiary/aromatic N) is 6. The maximum Gasteiger partial charge on any atom is 0.335 e. The fourth-order valence-electron chi connectivity index (χ4n) is 6.58. The maximum atomic E-state index is 16.0. The molecule has 3 aliphatic heterocycles. The van der Waals surface area contributed by atoms with E-state index in [1.165, 1.54) is 15.5 Å². The average molecular weight is 559 g/mol. The average Bonchev–Trinajstić information content (AvgIpc) is 3.26. The molecule has 0 amide bonds. The van der Waals surface area contributed by atoms with E-state index in [1.54, 1.807) is 24.3 Å². The lowest BCUT2D eigenvalue weighted by Gasteiger charge is -2.46. The molecule has 0 spiro atoms. The van der Waals surface area contributed by atoms with Gasteiger partial charge in [-0.05, 0) is 55.7 Å². The molecule has 10 nitrogen and oxygen atoms in total. The molecule has 4 aromatic rings. The highest BCUT2D eigenvalue weighted by atomic mass is 19.1. The summed E-state index contributed by atoms with van der Waals surface area (Å²) in [7, 11) is 0. The van der Waals surface area contributed by atoms with E-state index < -0.39 is 12.2 Å². The van der Waals surface area contributed by atoms with Crippen LogP contribution < -0.4 is 21.5 Å². The topological polar surface area (TPSA) is 106 Å². The summed E-state index contributed by atoms with van der Waals surface area (Å²) in [5, 5.41) is 3.35. The van der Waals surface area contributed by atoms with Crippen LogP contribution >= 0.6 is 0 Å². The van der Waals surface area contributed by atoms with Crippen LogP contribution in [0.3, 0.4) is 0 Å². The summed E-state index contributed by atoms with van der Waals surface area (Å²) in [6.45, 7) is 5.32. The van der Waals surface area contributed by atoms with Gasteiger partial charge in [0.05, 0.1) is 11.7 Å². The number of ether oxygens (including phenoxy) is 1. The van der Waals surface area contributed by atoms with Gasteiger partial charge >= 0.3 is 5.69 Å². The normalized spacial score (nSPS) is 23.0. The van der Waals surface area contributed by atoms with Crippen LogP contribution in [-0.2, 0) is 0 Å². The van der Waals surface area contributed by atoms with Crippen LogP contribution in [0.15, 0.2) is 65.7 Å². The number of likely N-dealkylation sites (tertiary alicyclic amines) is 2. The predicted molar refractivity (Wildman–Crippen MR) is 155 cm³/mol. The number of aromatic nitrogens is 4. The fraction of sp³-hybridized carbons (Fsp3) is 0.433. The van der Waals surface area contributed by atoms with Crippen LogP contribution in [0, 0.1) is 0 Å². The summed E-state index contributed by atoms with van der Waals surface area (Å²) in [4.78, 5) is 27.4. The van der Waals surface area contributed by atoms with Crippen molar-refractivity contribution in [3.8, 4) is 17.2 Å². The van der Waals surface area contributed by atoms with Gasteiger partial charge in [-0.3, -0.25) is 18.9 Å². The minimum absolute atomic E-state index is 0.178. The number of rotatable bonds is 6. The monoisotopic (exact) mass is 558 g/mol. The first-order chi connectivity index (χ1) is 20.1. The number of anilines is 1. The summed E-state index contributed by atoms with van der Waals surface area (Å²) in [6, 6.07) is 17.1. The summed E-state index contributed by atoms with van der Waals surface area (Å²) in [5.41, 5.74) is 7.24. The van der Waals surface area contributed by atoms with Gasteiger partial charge in [-0.2, -0.15) is 0 Å². The van der Waals surface area contributed by atoms with Crippen molar-refractivity contribution in [3.63, 3.8) is 0 Å². The van der Waals surface area contributed by atoms with Gasteiger partial charge in [-0.25, -0.2) is 19.2 Å². The van der Waals surface area contributed by atoms with Crippen LogP contribution in [0.1, 0.15) is 25.3 Å². The van der Waals surface area contributed by atoms with E-state index in [-0.39, 0.29) is 11.5 Å². The molecule has 41 heavy (non-hydrogen) atoms. The molecule has 2 aromatic heterocycles. The van der Waals surface area contributed by atoms with Crippen molar-refractivity contribution >= 4 is 17.0 Å². The zero-order valence-corrected chi connectivity index (χ0v) is 22.9. The van der Waals surface area contributed by atoms with Gasteiger partial charge in [-0.1, -0.05) is 18.2 Å². The summed E-state index contributed by atoms with van der Waals surface area (Å²) >= 11 is 0. The number of imidazole rings is 1. The summed E-state index contributed by atoms with van der Waals surface area (Å²) in [5.74, 6) is 1.53. The maximum absolute atomic E-state index is 16.0.